The number of nitrogens with zero attached hydrogens (tertiary/aromatic N) is 3. The number of anilines is 1. The van der Waals surface area contributed by atoms with Crippen LogP contribution in [0.2, 0.25) is 0 Å². The lowest BCUT2D eigenvalue weighted by Gasteiger charge is -2.27. The molecule has 0 aliphatic carbocycles. The number of aryl methyl sites for hydroxylation is 2. The van der Waals surface area contributed by atoms with Crippen molar-refractivity contribution in [1.29, 1.82) is 0 Å². The van der Waals surface area contributed by atoms with Crippen LogP contribution in [0.5, 0.6) is 0 Å². The molecule has 1 rings (SSSR count). The normalized spacial score (nSPS) is 10.8. The zero-order chi connectivity index (χ0) is 11.4. The van der Waals surface area contributed by atoms with Gasteiger partial charge in [0.2, 0.25) is 0 Å². The van der Waals surface area contributed by atoms with Gasteiger partial charge in [-0.2, -0.15) is 0 Å². The van der Waals surface area contributed by atoms with Gasteiger partial charge in [-0.3, -0.25) is 0 Å². The van der Waals surface area contributed by atoms with E-state index in [9.17, 15) is 0 Å². The SMILES string of the molecule is Cc1cc(N(CCBr)C(C)C)nc(C)n1. The van der Waals surface area contributed by atoms with Gasteiger partial charge in [0.15, 0.2) is 0 Å². The smallest absolute Gasteiger partial charge is 0.132 e. The number of hydrogen-bond donors (Lipinski definition) is 0. The molecule has 0 aliphatic rings. The Morgan fingerprint density at radius 1 is 1.33 bits per heavy atom. The van der Waals surface area contributed by atoms with Crippen LogP contribution in [0.25, 0.3) is 0 Å². The van der Waals surface area contributed by atoms with Crippen LogP contribution in [0.3, 0.4) is 0 Å². The second kappa shape index (κ2) is 5.45. The third-order valence-electron chi connectivity index (χ3n) is 2.20. The molecule has 0 unspecified atom stereocenters. The maximum atomic E-state index is 4.47. The molecule has 15 heavy (non-hydrogen) atoms. The van der Waals surface area contributed by atoms with E-state index in [1.807, 2.05) is 19.9 Å². The van der Waals surface area contributed by atoms with Crippen molar-refractivity contribution in [3.8, 4) is 0 Å². The van der Waals surface area contributed by atoms with E-state index in [1.165, 1.54) is 0 Å². The molecule has 1 aromatic heterocycles. The highest BCUT2D eigenvalue weighted by molar-refractivity contribution is 9.09. The molecule has 3 nitrogen and oxygen atoms in total. The Labute approximate surface area is 100 Å². The van der Waals surface area contributed by atoms with E-state index in [1.54, 1.807) is 0 Å². The molecule has 0 amide bonds. The van der Waals surface area contributed by atoms with Gasteiger partial charge in [0.05, 0.1) is 0 Å². The summed E-state index contributed by atoms with van der Waals surface area (Å²) < 4.78 is 0. The molecule has 0 N–H and O–H groups in total. The van der Waals surface area contributed by atoms with E-state index in [0.29, 0.717) is 6.04 Å². The summed E-state index contributed by atoms with van der Waals surface area (Å²) in [6.45, 7) is 9.26. The Hall–Kier alpha value is -0.640. The molecular weight excluding hydrogens is 254 g/mol. The van der Waals surface area contributed by atoms with Crippen LogP contribution in [-0.4, -0.2) is 27.9 Å². The van der Waals surface area contributed by atoms with E-state index in [-0.39, 0.29) is 0 Å². The van der Waals surface area contributed by atoms with E-state index < -0.39 is 0 Å². The minimum absolute atomic E-state index is 0.455. The summed E-state index contributed by atoms with van der Waals surface area (Å²) in [5.41, 5.74) is 1.03. The first-order valence-corrected chi connectivity index (χ1v) is 6.31. The fraction of sp³-hybridized carbons (Fsp3) is 0.636. The first-order valence-electron chi connectivity index (χ1n) is 5.19. The second-order valence-corrected chi connectivity index (χ2v) is 4.68. The lowest BCUT2D eigenvalue weighted by Crippen LogP contribution is -2.33. The number of aromatic nitrogens is 2. The van der Waals surface area contributed by atoms with E-state index in [2.05, 4.69) is 44.6 Å². The third kappa shape index (κ3) is 3.45. The number of alkyl halides is 1. The minimum Gasteiger partial charge on any atom is -0.353 e. The van der Waals surface area contributed by atoms with Gasteiger partial charge in [0, 0.05) is 29.7 Å². The molecule has 0 fully saturated rings. The molecule has 0 atom stereocenters. The molecule has 4 heteroatoms. The van der Waals surface area contributed by atoms with Crippen molar-refractivity contribution in [1.82, 2.24) is 9.97 Å². The molecule has 84 valence electrons. The molecular formula is C11H18BrN3. The zero-order valence-corrected chi connectivity index (χ0v) is 11.4. The van der Waals surface area contributed by atoms with Gasteiger partial charge in [-0.05, 0) is 27.7 Å². The predicted molar refractivity (Wildman–Crippen MR) is 67.8 cm³/mol. The summed E-state index contributed by atoms with van der Waals surface area (Å²) in [4.78, 5) is 11.0. The third-order valence-corrected chi connectivity index (χ3v) is 2.55. The molecule has 0 spiro atoms. The average Bonchev–Trinajstić information content (AvgIpc) is 2.11. The summed E-state index contributed by atoms with van der Waals surface area (Å²) in [6.07, 6.45) is 0. The zero-order valence-electron chi connectivity index (χ0n) is 9.79. The first-order chi connectivity index (χ1) is 7.04. The Bertz CT molecular complexity index is 305. The summed E-state index contributed by atoms with van der Waals surface area (Å²) in [5, 5.41) is 0.952. The molecule has 1 heterocycles. The fourth-order valence-corrected chi connectivity index (χ4v) is 1.95. The van der Waals surface area contributed by atoms with Crippen LogP contribution >= 0.6 is 15.9 Å². The van der Waals surface area contributed by atoms with Gasteiger partial charge >= 0.3 is 0 Å². The van der Waals surface area contributed by atoms with Crippen LogP contribution in [0, 0.1) is 13.8 Å². The molecule has 0 bridgehead atoms. The Morgan fingerprint density at radius 2 is 2.00 bits per heavy atom. The van der Waals surface area contributed by atoms with Gasteiger partial charge < -0.3 is 4.90 Å². The molecule has 0 radical (unpaired) electrons. The van der Waals surface area contributed by atoms with Crippen molar-refractivity contribution in [2.24, 2.45) is 0 Å². The van der Waals surface area contributed by atoms with Gasteiger partial charge in [-0.25, -0.2) is 9.97 Å². The van der Waals surface area contributed by atoms with Crippen LogP contribution in [0.15, 0.2) is 6.07 Å². The second-order valence-electron chi connectivity index (χ2n) is 3.89. The Morgan fingerprint density at radius 3 is 2.47 bits per heavy atom. The number of halogens is 1. The summed E-state index contributed by atoms with van der Waals surface area (Å²) in [5.74, 6) is 1.86. The van der Waals surface area contributed by atoms with Gasteiger partial charge in [-0.15, -0.1) is 0 Å². The van der Waals surface area contributed by atoms with Crippen molar-refractivity contribution in [2.45, 2.75) is 33.7 Å². The lowest BCUT2D eigenvalue weighted by molar-refractivity contribution is 0.693. The molecule has 0 aromatic carbocycles. The van der Waals surface area contributed by atoms with Gasteiger partial charge in [0.25, 0.3) is 0 Å². The molecule has 1 aromatic rings. The molecule has 0 saturated heterocycles. The molecule has 0 aliphatic heterocycles. The predicted octanol–water partition coefficient (Wildman–Crippen LogP) is 2.70. The maximum absolute atomic E-state index is 4.47. The molecule has 0 saturated carbocycles. The number of hydrogen-bond acceptors (Lipinski definition) is 3. The lowest BCUT2D eigenvalue weighted by atomic mass is 10.3. The van der Waals surface area contributed by atoms with Crippen LogP contribution in [-0.2, 0) is 0 Å². The topological polar surface area (TPSA) is 29.0 Å². The maximum Gasteiger partial charge on any atom is 0.132 e. The monoisotopic (exact) mass is 271 g/mol. The quantitative estimate of drug-likeness (QED) is 0.789. The summed E-state index contributed by atoms with van der Waals surface area (Å²) in [7, 11) is 0. The highest BCUT2D eigenvalue weighted by atomic mass is 79.9. The minimum atomic E-state index is 0.455. The van der Waals surface area contributed by atoms with Crippen molar-refractivity contribution in [3.63, 3.8) is 0 Å². The van der Waals surface area contributed by atoms with Crippen LogP contribution in [0.4, 0.5) is 5.82 Å². The Kier molecular flexibility index (Phi) is 4.51. The van der Waals surface area contributed by atoms with Gasteiger partial charge in [-0.1, -0.05) is 15.9 Å². The van der Waals surface area contributed by atoms with E-state index in [0.717, 1.165) is 29.2 Å². The van der Waals surface area contributed by atoms with Crippen molar-refractivity contribution in [3.05, 3.63) is 17.6 Å². The van der Waals surface area contributed by atoms with Crippen molar-refractivity contribution in [2.75, 3.05) is 16.8 Å². The fourth-order valence-electron chi connectivity index (χ4n) is 1.57. The van der Waals surface area contributed by atoms with E-state index in [4.69, 9.17) is 0 Å². The first kappa shape index (κ1) is 12.4. The van der Waals surface area contributed by atoms with Crippen LogP contribution in [0.1, 0.15) is 25.4 Å². The van der Waals surface area contributed by atoms with Gasteiger partial charge in [0.1, 0.15) is 11.6 Å². The number of rotatable bonds is 4. The van der Waals surface area contributed by atoms with Crippen LogP contribution < -0.4 is 4.90 Å². The average molecular weight is 272 g/mol. The largest absolute Gasteiger partial charge is 0.353 e. The van der Waals surface area contributed by atoms with Crippen molar-refractivity contribution >= 4 is 21.7 Å². The highest BCUT2D eigenvalue weighted by Crippen LogP contribution is 2.15. The van der Waals surface area contributed by atoms with E-state index >= 15 is 0 Å². The highest BCUT2D eigenvalue weighted by Gasteiger charge is 2.11. The van der Waals surface area contributed by atoms with Crippen molar-refractivity contribution < 1.29 is 0 Å². The summed E-state index contributed by atoms with van der Waals surface area (Å²) >= 11 is 3.47. The Balaban J connectivity index is 2.99. The summed E-state index contributed by atoms with van der Waals surface area (Å²) in [6, 6.07) is 2.49. The standard InChI is InChI=1S/C11H18BrN3/c1-8(2)15(6-5-12)11-7-9(3)13-10(4)14-11/h7-8H,5-6H2,1-4H3.